The van der Waals surface area contributed by atoms with Crippen LogP contribution in [0.1, 0.15) is 25.5 Å². The zero-order valence-electron chi connectivity index (χ0n) is 10.9. The molecule has 6 heteroatoms. The van der Waals surface area contributed by atoms with Gasteiger partial charge in [0.2, 0.25) is 0 Å². The van der Waals surface area contributed by atoms with E-state index in [1.165, 1.54) is 23.1 Å². The Hall–Kier alpha value is -1.14. The molecular weight excluding hydrogens is 260 g/mol. The summed E-state index contributed by atoms with van der Waals surface area (Å²) >= 11 is 0. The lowest BCUT2D eigenvalue weighted by Crippen LogP contribution is -2.44. The molecule has 1 atom stereocenters. The molecular formula is C13H18F4N2. The van der Waals surface area contributed by atoms with Gasteiger partial charge in [-0.2, -0.15) is 13.2 Å². The molecule has 0 saturated carbocycles. The minimum atomic E-state index is -4.31. The van der Waals surface area contributed by atoms with Crippen LogP contribution in [0.3, 0.4) is 0 Å². The average Bonchev–Trinajstić information content (AvgIpc) is 2.27. The maximum Gasteiger partial charge on any atom is 0.401 e. The molecule has 0 aliphatic rings. The van der Waals surface area contributed by atoms with Crippen LogP contribution >= 0.6 is 0 Å². The normalized spacial score (nSPS) is 14.2. The quantitative estimate of drug-likeness (QED) is 0.839. The predicted molar refractivity (Wildman–Crippen MR) is 66.1 cm³/mol. The highest BCUT2D eigenvalue weighted by Crippen LogP contribution is 2.27. The lowest BCUT2D eigenvalue weighted by atomic mass is 10.0. The fourth-order valence-electron chi connectivity index (χ4n) is 2.04. The van der Waals surface area contributed by atoms with Gasteiger partial charge in [-0.1, -0.05) is 12.1 Å². The first-order chi connectivity index (χ1) is 8.74. The Morgan fingerprint density at radius 2 is 1.89 bits per heavy atom. The van der Waals surface area contributed by atoms with Crippen LogP contribution in [-0.4, -0.2) is 30.2 Å². The molecule has 0 spiro atoms. The molecule has 0 aliphatic heterocycles. The topological polar surface area (TPSA) is 29.3 Å². The van der Waals surface area contributed by atoms with E-state index in [0.29, 0.717) is 5.56 Å². The van der Waals surface area contributed by atoms with E-state index < -0.39 is 24.6 Å². The van der Waals surface area contributed by atoms with E-state index in [2.05, 4.69) is 0 Å². The molecule has 108 valence electrons. The van der Waals surface area contributed by atoms with Crippen molar-refractivity contribution in [2.75, 3.05) is 13.1 Å². The van der Waals surface area contributed by atoms with E-state index in [4.69, 9.17) is 5.73 Å². The highest BCUT2D eigenvalue weighted by molar-refractivity contribution is 5.21. The minimum absolute atomic E-state index is 0.00227. The van der Waals surface area contributed by atoms with Crippen LogP contribution < -0.4 is 5.73 Å². The highest BCUT2D eigenvalue weighted by Gasteiger charge is 2.35. The fraction of sp³-hybridized carbons (Fsp3) is 0.538. The first kappa shape index (κ1) is 15.9. The number of halogens is 4. The van der Waals surface area contributed by atoms with Gasteiger partial charge in [0.1, 0.15) is 5.82 Å². The summed E-state index contributed by atoms with van der Waals surface area (Å²) in [6.45, 7) is 2.25. The van der Waals surface area contributed by atoms with Crippen molar-refractivity contribution in [1.29, 1.82) is 0 Å². The van der Waals surface area contributed by atoms with Gasteiger partial charge < -0.3 is 5.73 Å². The zero-order chi connectivity index (χ0) is 14.6. The number of hydrogen-bond acceptors (Lipinski definition) is 2. The van der Waals surface area contributed by atoms with Gasteiger partial charge in [0.15, 0.2) is 0 Å². The van der Waals surface area contributed by atoms with Gasteiger partial charge in [-0.15, -0.1) is 0 Å². The highest BCUT2D eigenvalue weighted by atomic mass is 19.4. The lowest BCUT2D eigenvalue weighted by Gasteiger charge is -2.35. The SMILES string of the molecule is CC(C)N(CC(F)(F)F)C(CN)c1cccc(F)c1. The van der Waals surface area contributed by atoms with Gasteiger partial charge in [-0.3, -0.25) is 4.90 Å². The summed E-state index contributed by atoms with van der Waals surface area (Å²) in [6, 6.07) is 4.53. The maximum atomic E-state index is 13.2. The van der Waals surface area contributed by atoms with E-state index in [9.17, 15) is 17.6 Å². The molecule has 0 amide bonds. The predicted octanol–water partition coefficient (Wildman–Crippen LogP) is 3.10. The second kappa shape index (κ2) is 6.34. The van der Waals surface area contributed by atoms with Crippen molar-refractivity contribution in [3.63, 3.8) is 0 Å². The molecule has 2 N–H and O–H groups in total. The van der Waals surface area contributed by atoms with E-state index in [0.717, 1.165) is 0 Å². The number of alkyl halides is 3. The molecule has 1 aromatic rings. The van der Waals surface area contributed by atoms with Crippen molar-refractivity contribution in [1.82, 2.24) is 4.90 Å². The zero-order valence-corrected chi connectivity index (χ0v) is 10.9. The van der Waals surface area contributed by atoms with Crippen molar-refractivity contribution < 1.29 is 17.6 Å². The summed E-state index contributed by atoms with van der Waals surface area (Å²) in [7, 11) is 0. The van der Waals surface area contributed by atoms with E-state index in [1.54, 1.807) is 19.9 Å². The number of nitrogens with zero attached hydrogens (tertiary/aromatic N) is 1. The molecule has 0 fully saturated rings. The van der Waals surface area contributed by atoms with Crippen molar-refractivity contribution in [2.24, 2.45) is 5.73 Å². The number of hydrogen-bond donors (Lipinski definition) is 1. The Labute approximate surface area is 110 Å². The molecule has 2 nitrogen and oxygen atoms in total. The standard InChI is InChI=1S/C13H18F4N2/c1-9(2)19(8-13(15,16)17)12(7-18)10-4-3-5-11(14)6-10/h3-6,9,12H,7-8,18H2,1-2H3. The van der Waals surface area contributed by atoms with Crippen LogP contribution in [0.2, 0.25) is 0 Å². The molecule has 1 rings (SSSR count). The average molecular weight is 278 g/mol. The van der Waals surface area contributed by atoms with Crippen LogP contribution in [0, 0.1) is 5.82 Å². The third kappa shape index (κ3) is 4.80. The fourth-order valence-corrected chi connectivity index (χ4v) is 2.04. The molecule has 1 unspecified atom stereocenters. The van der Waals surface area contributed by atoms with Gasteiger partial charge in [0, 0.05) is 18.6 Å². The summed E-state index contributed by atoms with van der Waals surface area (Å²) in [5, 5.41) is 0. The Morgan fingerprint density at radius 3 is 2.32 bits per heavy atom. The smallest absolute Gasteiger partial charge is 0.329 e. The molecule has 0 bridgehead atoms. The molecule has 0 saturated heterocycles. The first-order valence-corrected chi connectivity index (χ1v) is 6.02. The number of nitrogens with two attached hydrogens (primary N) is 1. The molecule has 0 aliphatic carbocycles. The van der Waals surface area contributed by atoms with E-state index in [-0.39, 0.29) is 12.6 Å². The Bertz CT molecular complexity index is 404. The molecule has 0 radical (unpaired) electrons. The van der Waals surface area contributed by atoms with Crippen molar-refractivity contribution in [2.45, 2.75) is 32.1 Å². The van der Waals surface area contributed by atoms with Gasteiger partial charge >= 0.3 is 6.18 Å². The second-order valence-electron chi connectivity index (χ2n) is 4.69. The van der Waals surface area contributed by atoms with Gasteiger partial charge in [-0.05, 0) is 31.5 Å². The van der Waals surface area contributed by atoms with E-state index >= 15 is 0 Å². The van der Waals surface area contributed by atoms with Gasteiger partial charge in [0.05, 0.1) is 6.54 Å². The molecule has 1 aromatic carbocycles. The van der Waals surface area contributed by atoms with Crippen LogP contribution in [0.25, 0.3) is 0 Å². The van der Waals surface area contributed by atoms with Gasteiger partial charge in [0.25, 0.3) is 0 Å². The summed E-state index contributed by atoms with van der Waals surface area (Å²) in [5.74, 6) is -0.480. The monoisotopic (exact) mass is 278 g/mol. The number of rotatable bonds is 5. The summed E-state index contributed by atoms with van der Waals surface area (Å²) in [6.07, 6.45) is -4.31. The summed E-state index contributed by atoms with van der Waals surface area (Å²) in [4.78, 5) is 1.23. The Balaban J connectivity index is 3.03. The minimum Gasteiger partial charge on any atom is -0.329 e. The molecule has 0 heterocycles. The summed E-state index contributed by atoms with van der Waals surface area (Å²) in [5.41, 5.74) is 6.04. The van der Waals surface area contributed by atoms with E-state index in [1.807, 2.05) is 0 Å². The van der Waals surface area contributed by atoms with Crippen molar-refractivity contribution >= 4 is 0 Å². The molecule has 0 aromatic heterocycles. The lowest BCUT2D eigenvalue weighted by molar-refractivity contribution is -0.155. The first-order valence-electron chi connectivity index (χ1n) is 6.02. The van der Waals surface area contributed by atoms with Crippen LogP contribution in [0.4, 0.5) is 17.6 Å². The third-order valence-electron chi connectivity index (χ3n) is 2.88. The number of benzene rings is 1. The van der Waals surface area contributed by atoms with Crippen LogP contribution in [-0.2, 0) is 0 Å². The van der Waals surface area contributed by atoms with Gasteiger partial charge in [-0.25, -0.2) is 4.39 Å². The van der Waals surface area contributed by atoms with Crippen LogP contribution in [0.15, 0.2) is 24.3 Å². The Morgan fingerprint density at radius 1 is 1.26 bits per heavy atom. The van der Waals surface area contributed by atoms with Crippen molar-refractivity contribution in [3.8, 4) is 0 Å². The van der Waals surface area contributed by atoms with Crippen LogP contribution in [0.5, 0.6) is 0 Å². The van der Waals surface area contributed by atoms with Crippen molar-refractivity contribution in [3.05, 3.63) is 35.6 Å². The maximum absolute atomic E-state index is 13.2. The Kier molecular flexibility index (Phi) is 5.31. The second-order valence-corrected chi connectivity index (χ2v) is 4.69. The largest absolute Gasteiger partial charge is 0.401 e. The summed E-state index contributed by atoms with van der Waals surface area (Å²) < 4.78 is 51.0. The molecule has 19 heavy (non-hydrogen) atoms. The third-order valence-corrected chi connectivity index (χ3v) is 2.88.